The van der Waals surface area contributed by atoms with Gasteiger partial charge in [0.2, 0.25) is 5.78 Å². The van der Waals surface area contributed by atoms with Gasteiger partial charge in [-0.05, 0) is 53.6 Å². The number of ether oxygens (including phenoxy) is 2. The van der Waals surface area contributed by atoms with Gasteiger partial charge in [-0.3, -0.25) is 10.0 Å². The third-order valence-electron chi connectivity index (χ3n) is 4.35. The number of Topliss-reactive ketones (excluding diaryl/α,β-unsaturated/α-hetero) is 1. The number of ketones is 1. The van der Waals surface area contributed by atoms with Crippen LogP contribution < -0.4 is 14.7 Å². The predicted octanol–water partition coefficient (Wildman–Crippen LogP) is 4.71. The molecule has 0 amide bonds. The Morgan fingerprint density at radius 1 is 1.10 bits per heavy atom. The average molecular weight is 392 g/mol. The van der Waals surface area contributed by atoms with Crippen LogP contribution in [0.4, 0.5) is 10.1 Å². The van der Waals surface area contributed by atoms with Gasteiger partial charge in [-0.15, -0.1) is 0 Å². The van der Waals surface area contributed by atoms with Gasteiger partial charge >= 0.3 is 0 Å². The molecule has 1 aliphatic heterocycles. The van der Waals surface area contributed by atoms with E-state index in [-0.39, 0.29) is 34.9 Å². The van der Waals surface area contributed by atoms with E-state index in [0.717, 1.165) is 5.56 Å². The van der Waals surface area contributed by atoms with Gasteiger partial charge < -0.3 is 19.9 Å². The fourth-order valence-electron chi connectivity index (χ4n) is 2.89. The van der Waals surface area contributed by atoms with Crippen LogP contribution in [-0.4, -0.2) is 11.0 Å². The second kappa shape index (κ2) is 7.75. The summed E-state index contributed by atoms with van der Waals surface area (Å²) in [6, 6.07) is 17.0. The van der Waals surface area contributed by atoms with Crippen LogP contribution in [0.2, 0.25) is 0 Å². The SMILES string of the molecule is O=C1C(=Cc2cccc(N([O-])O)c2)Oc2cc(OCc3ccc(F)cc3)ccc21. The van der Waals surface area contributed by atoms with Crippen molar-refractivity contribution in [2.75, 3.05) is 5.23 Å². The number of allylic oxidation sites excluding steroid dienone is 1. The molecule has 3 aromatic rings. The number of benzene rings is 3. The predicted molar refractivity (Wildman–Crippen MR) is 104 cm³/mol. The molecule has 3 aromatic carbocycles. The molecule has 0 fully saturated rings. The lowest BCUT2D eigenvalue weighted by molar-refractivity contribution is 0.101. The lowest BCUT2D eigenvalue weighted by Gasteiger charge is -2.21. The Kier molecular flexibility index (Phi) is 4.99. The fourth-order valence-corrected chi connectivity index (χ4v) is 2.89. The van der Waals surface area contributed by atoms with E-state index in [4.69, 9.17) is 14.7 Å². The summed E-state index contributed by atoms with van der Waals surface area (Å²) in [5.41, 5.74) is 1.77. The largest absolute Gasteiger partial charge is 0.733 e. The van der Waals surface area contributed by atoms with Crippen molar-refractivity contribution in [3.8, 4) is 11.5 Å². The molecule has 1 aliphatic rings. The van der Waals surface area contributed by atoms with Crippen LogP contribution in [0.1, 0.15) is 21.5 Å². The highest BCUT2D eigenvalue weighted by molar-refractivity contribution is 6.14. The summed E-state index contributed by atoms with van der Waals surface area (Å²) < 4.78 is 24.3. The first-order valence-electron chi connectivity index (χ1n) is 8.71. The van der Waals surface area contributed by atoms with E-state index in [2.05, 4.69) is 0 Å². The molecular formula is C22H15FNO5-. The summed E-state index contributed by atoms with van der Waals surface area (Å²) in [7, 11) is 0. The topological polar surface area (TPSA) is 82.1 Å². The number of hydrogen-bond acceptors (Lipinski definition) is 6. The van der Waals surface area contributed by atoms with E-state index in [0.29, 0.717) is 22.6 Å². The van der Waals surface area contributed by atoms with Crippen LogP contribution >= 0.6 is 0 Å². The molecule has 29 heavy (non-hydrogen) atoms. The number of nitrogens with zero attached hydrogens (tertiary/aromatic N) is 1. The molecule has 0 radical (unpaired) electrons. The van der Waals surface area contributed by atoms with Crippen molar-refractivity contribution in [3.63, 3.8) is 0 Å². The summed E-state index contributed by atoms with van der Waals surface area (Å²) >= 11 is 0. The van der Waals surface area contributed by atoms with E-state index in [1.54, 1.807) is 42.5 Å². The number of fused-ring (bicyclic) bond motifs is 1. The van der Waals surface area contributed by atoms with E-state index in [9.17, 15) is 14.4 Å². The van der Waals surface area contributed by atoms with Crippen LogP contribution in [-0.2, 0) is 6.61 Å². The summed E-state index contributed by atoms with van der Waals surface area (Å²) in [5, 5.41) is 19.8. The number of anilines is 1. The standard InChI is InChI=1S/C22H15FNO5/c23-16-6-4-14(5-7-16)13-28-18-8-9-19-20(12-18)29-21(22(19)25)11-15-2-1-3-17(10-15)24(26)27/h1-12,26H,13H2/q-1. The van der Waals surface area contributed by atoms with Gasteiger partial charge in [0.05, 0.1) is 11.3 Å². The van der Waals surface area contributed by atoms with Gasteiger partial charge in [0.15, 0.2) is 5.76 Å². The van der Waals surface area contributed by atoms with Crippen LogP contribution in [0.3, 0.4) is 0 Å². The lowest BCUT2D eigenvalue weighted by Crippen LogP contribution is -2.06. The Bertz CT molecular complexity index is 1090. The molecule has 4 rings (SSSR count). The Hall–Kier alpha value is -3.68. The number of rotatable bonds is 5. The molecule has 0 aliphatic carbocycles. The minimum absolute atomic E-state index is 0.0405. The first-order valence-corrected chi connectivity index (χ1v) is 8.71. The van der Waals surface area contributed by atoms with Crippen LogP contribution in [0.15, 0.2) is 72.5 Å². The van der Waals surface area contributed by atoms with Crippen LogP contribution in [0.25, 0.3) is 6.08 Å². The molecule has 6 nitrogen and oxygen atoms in total. The molecule has 0 spiro atoms. The average Bonchev–Trinajstić information content (AvgIpc) is 3.02. The smallest absolute Gasteiger partial charge is 0.231 e. The number of carbonyl (C=O) groups is 1. The normalized spacial score (nSPS) is 13.9. The maximum absolute atomic E-state index is 13.0. The first kappa shape index (κ1) is 18.7. The number of hydrogen-bond donors (Lipinski definition) is 1. The lowest BCUT2D eigenvalue weighted by atomic mass is 10.1. The summed E-state index contributed by atoms with van der Waals surface area (Å²) in [6.07, 6.45) is 1.49. The molecule has 0 saturated carbocycles. The third kappa shape index (κ3) is 4.11. The minimum Gasteiger partial charge on any atom is -0.733 e. The molecule has 0 unspecified atom stereocenters. The molecule has 1 N–H and O–H groups in total. The highest BCUT2D eigenvalue weighted by atomic mass is 19.1. The van der Waals surface area contributed by atoms with Crippen molar-refractivity contribution in [2.45, 2.75) is 6.61 Å². The van der Waals surface area contributed by atoms with Gasteiger partial charge in [-0.1, -0.05) is 24.3 Å². The van der Waals surface area contributed by atoms with Crippen LogP contribution in [0, 0.1) is 11.0 Å². The first-order chi connectivity index (χ1) is 14.0. The zero-order valence-electron chi connectivity index (χ0n) is 15.0. The highest BCUT2D eigenvalue weighted by Crippen LogP contribution is 2.35. The van der Waals surface area contributed by atoms with Crippen molar-refractivity contribution in [2.24, 2.45) is 0 Å². The molecular weight excluding hydrogens is 377 g/mol. The van der Waals surface area contributed by atoms with E-state index < -0.39 is 0 Å². The molecule has 0 aromatic heterocycles. The van der Waals surface area contributed by atoms with Gasteiger partial charge in [0.1, 0.15) is 23.9 Å². The van der Waals surface area contributed by atoms with Crippen molar-refractivity contribution < 1.29 is 23.9 Å². The van der Waals surface area contributed by atoms with Crippen LogP contribution in [0.5, 0.6) is 11.5 Å². The van der Waals surface area contributed by atoms with Crippen molar-refractivity contribution in [3.05, 3.63) is 100 Å². The quantitative estimate of drug-likeness (QED) is 0.500. The zero-order valence-corrected chi connectivity index (χ0v) is 15.0. The number of halogens is 1. The second-order valence-electron chi connectivity index (χ2n) is 6.38. The molecule has 0 bridgehead atoms. The van der Waals surface area contributed by atoms with E-state index in [1.165, 1.54) is 30.3 Å². The molecule has 146 valence electrons. The summed E-state index contributed by atoms with van der Waals surface area (Å²) in [4.78, 5) is 12.6. The van der Waals surface area contributed by atoms with E-state index >= 15 is 0 Å². The zero-order chi connectivity index (χ0) is 20.4. The maximum atomic E-state index is 13.0. The van der Waals surface area contributed by atoms with Gasteiger partial charge in [-0.25, -0.2) is 4.39 Å². The van der Waals surface area contributed by atoms with Crippen molar-refractivity contribution in [1.29, 1.82) is 0 Å². The monoisotopic (exact) mass is 392 g/mol. The summed E-state index contributed by atoms with van der Waals surface area (Å²) in [6.45, 7) is 0.245. The second-order valence-corrected chi connectivity index (χ2v) is 6.38. The highest BCUT2D eigenvalue weighted by Gasteiger charge is 2.27. The Balaban J connectivity index is 1.51. The minimum atomic E-state index is -0.315. The van der Waals surface area contributed by atoms with E-state index in [1.807, 2.05) is 0 Å². The van der Waals surface area contributed by atoms with Gasteiger partial charge in [0, 0.05) is 6.07 Å². The molecule has 0 atom stereocenters. The molecule has 7 heteroatoms. The Morgan fingerprint density at radius 3 is 2.66 bits per heavy atom. The van der Waals surface area contributed by atoms with Crippen molar-refractivity contribution >= 4 is 17.5 Å². The van der Waals surface area contributed by atoms with Crippen molar-refractivity contribution in [1.82, 2.24) is 0 Å². The number of carbonyl (C=O) groups excluding carboxylic acids is 1. The third-order valence-corrected chi connectivity index (χ3v) is 4.35. The molecule has 1 heterocycles. The Morgan fingerprint density at radius 2 is 1.90 bits per heavy atom. The maximum Gasteiger partial charge on any atom is 0.231 e. The van der Waals surface area contributed by atoms with Gasteiger partial charge in [-0.2, -0.15) is 0 Å². The summed E-state index contributed by atoms with van der Waals surface area (Å²) in [5.74, 6) is 0.361. The Labute approximate surface area is 165 Å². The molecule has 0 saturated heterocycles. The fraction of sp³-hybridized carbons (Fsp3) is 0.0455. The van der Waals surface area contributed by atoms with Gasteiger partial charge in [0.25, 0.3) is 0 Å².